The van der Waals surface area contributed by atoms with Crippen LogP contribution in [-0.2, 0) is 11.3 Å². The van der Waals surface area contributed by atoms with Crippen molar-refractivity contribution in [1.82, 2.24) is 24.8 Å². The van der Waals surface area contributed by atoms with Crippen molar-refractivity contribution < 1.29 is 9.32 Å². The molecule has 3 heterocycles. The molecule has 1 aromatic heterocycles. The zero-order chi connectivity index (χ0) is 18.6. The second-order valence-electron chi connectivity index (χ2n) is 8.67. The van der Waals surface area contributed by atoms with Crippen molar-refractivity contribution in [3.8, 4) is 0 Å². The summed E-state index contributed by atoms with van der Waals surface area (Å²) in [5.74, 6) is 2.68. The van der Waals surface area contributed by atoms with E-state index in [0.29, 0.717) is 18.2 Å². The number of aromatic nitrogens is 2. The molecule has 0 bridgehead atoms. The standard InChI is InChI=1S/C20H33N5O2/c1-23-9-11-24(12-10-23)15-18-21-20(27-22-18)17-7-8-19(26)25(14-17)13-16-5-3-2-4-6-16/h16-17H,2-15H2,1H3/t17-/m0/s1. The normalized spacial score (nSPS) is 26.6. The van der Waals surface area contributed by atoms with Gasteiger partial charge >= 0.3 is 0 Å². The summed E-state index contributed by atoms with van der Waals surface area (Å²) < 4.78 is 5.60. The summed E-state index contributed by atoms with van der Waals surface area (Å²) in [7, 11) is 2.16. The SMILES string of the molecule is CN1CCN(Cc2noc([C@H]3CCC(=O)N(CC4CCCCC4)C3)n2)CC1. The van der Waals surface area contributed by atoms with E-state index >= 15 is 0 Å². The molecule has 1 atom stereocenters. The number of nitrogens with zero attached hydrogens (tertiary/aromatic N) is 5. The molecule has 0 spiro atoms. The number of carbonyl (C=O) groups excluding carboxylic acids is 1. The molecule has 0 unspecified atom stereocenters. The Morgan fingerprint density at radius 2 is 1.85 bits per heavy atom. The molecule has 27 heavy (non-hydrogen) atoms. The molecule has 4 rings (SSSR count). The van der Waals surface area contributed by atoms with Crippen LogP contribution < -0.4 is 0 Å². The van der Waals surface area contributed by atoms with Gasteiger partial charge in [-0.3, -0.25) is 9.69 Å². The number of likely N-dealkylation sites (N-methyl/N-ethyl adjacent to an activating group) is 1. The molecule has 1 saturated carbocycles. The lowest BCUT2D eigenvalue weighted by molar-refractivity contribution is -0.134. The highest BCUT2D eigenvalue weighted by atomic mass is 16.5. The van der Waals surface area contributed by atoms with Crippen molar-refractivity contribution in [2.45, 2.75) is 57.4 Å². The van der Waals surface area contributed by atoms with Crippen LogP contribution >= 0.6 is 0 Å². The first-order valence-electron chi connectivity index (χ1n) is 10.7. The predicted molar refractivity (Wildman–Crippen MR) is 102 cm³/mol. The molecule has 2 saturated heterocycles. The number of piperazine rings is 1. The Bertz CT molecular complexity index is 620. The number of likely N-dealkylation sites (tertiary alicyclic amines) is 1. The van der Waals surface area contributed by atoms with E-state index in [1.54, 1.807) is 0 Å². The zero-order valence-electron chi connectivity index (χ0n) is 16.6. The van der Waals surface area contributed by atoms with Gasteiger partial charge in [-0.1, -0.05) is 24.4 Å². The third-order valence-corrected chi connectivity index (χ3v) is 6.50. The van der Waals surface area contributed by atoms with Crippen LogP contribution in [0.1, 0.15) is 62.6 Å². The van der Waals surface area contributed by atoms with Crippen molar-refractivity contribution in [2.24, 2.45) is 5.92 Å². The fraction of sp³-hybridized carbons (Fsp3) is 0.850. The van der Waals surface area contributed by atoms with E-state index in [9.17, 15) is 4.79 Å². The minimum Gasteiger partial charge on any atom is -0.342 e. The summed E-state index contributed by atoms with van der Waals surface area (Å²) in [4.78, 5) is 23.9. The number of carbonyl (C=O) groups is 1. The molecule has 2 aliphatic heterocycles. The molecule has 0 aromatic carbocycles. The lowest BCUT2D eigenvalue weighted by Gasteiger charge is -2.34. The smallest absolute Gasteiger partial charge is 0.231 e. The molecule has 3 aliphatic rings. The Morgan fingerprint density at radius 3 is 2.63 bits per heavy atom. The minimum atomic E-state index is 0.194. The summed E-state index contributed by atoms with van der Waals surface area (Å²) in [6.07, 6.45) is 7.95. The Morgan fingerprint density at radius 1 is 1.07 bits per heavy atom. The third-order valence-electron chi connectivity index (χ3n) is 6.50. The van der Waals surface area contributed by atoms with Crippen molar-refractivity contribution in [3.63, 3.8) is 0 Å². The van der Waals surface area contributed by atoms with Gasteiger partial charge in [0.1, 0.15) is 0 Å². The van der Waals surface area contributed by atoms with Crippen LogP contribution in [0.15, 0.2) is 4.52 Å². The van der Waals surface area contributed by atoms with E-state index in [0.717, 1.165) is 63.9 Å². The highest BCUT2D eigenvalue weighted by Crippen LogP contribution is 2.30. The monoisotopic (exact) mass is 375 g/mol. The fourth-order valence-corrected chi connectivity index (χ4v) is 4.68. The summed E-state index contributed by atoms with van der Waals surface area (Å²) >= 11 is 0. The van der Waals surface area contributed by atoms with Gasteiger partial charge in [-0.05, 0) is 32.2 Å². The van der Waals surface area contributed by atoms with Crippen LogP contribution in [-0.4, -0.2) is 77.1 Å². The van der Waals surface area contributed by atoms with Crippen LogP contribution in [0.3, 0.4) is 0 Å². The molecule has 1 amide bonds. The lowest BCUT2D eigenvalue weighted by Crippen LogP contribution is -2.44. The maximum absolute atomic E-state index is 12.4. The van der Waals surface area contributed by atoms with Gasteiger partial charge in [0.2, 0.25) is 11.8 Å². The Hall–Kier alpha value is -1.47. The number of piperidine rings is 1. The second kappa shape index (κ2) is 8.69. The van der Waals surface area contributed by atoms with Gasteiger partial charge in [0.05, 0.1) is 12.5 Å². The first-order chi connectivity index (χ1) is 13.2. The number of rotatable bonds is 5. The van der Waals surface area contributed by atoms with Crippen LogP contribution in [0.25, 0.3) is 0 Å². The second-order valence-corrected chi connectivity index (χ2v) is 8.67. The maximum atomic E-state index is 12.4. The van der Waals surface area contributed by atoms with E-state index in [1.807, 2.05) is 0 Å². The highest BCUT2D eigenvalue weighted by molar-refractivity contribution is 5.77. The van der Waals surface area contributed by atoms with Crippen molar-refractivity contribution in [3.05, 3.63) is 11.7 Å². The van der Waals surface area contributed by atoms with Crippen molar-refractivity contribution in [2.75, 3.05) is 46.3 Å². The third kappa shape index (κ3) is 4.88. The van der Waals surface area contributed by atoms with E-state index in [4.69, 9.17) is 4.52 Å². The summed E-state index contributed by atoms with van der Waals surface area (Å²) in [6, 6.07) is 0. The van der Waals surface area contributed by atoms with E-state index in [-0.39, 0.29) is 5.92 Å². The first kappa shape index (κ1) is 18.9. The maximum Gasteiger partial charge on any atom is 0.231 e. The molecular formula is C20H33N5O2. The quantitative estimate of drug-likeness (QED) is 0.785. The van der Waals surface area contributed by atoms with Gasteiger partial charge in [0, 0.05) is 45.7 Å². The van der Waals surface area contributed by atoms with Crippen molar-refractivity contribution in [1.29, 1.82) is 0 Å². The van der Waals surface area contributed by atoms with Gasteiger partial charge in [-0.2, -0.15) is 4.98 Å². The Balaban J connectivity index is 1.32. The van der Waals surface area contributed by atoms with Crippen LogP contribution in [0, 0.1) is 5.92 Å². The molecule has 3 fully saturated rings. The molecule has 1 aliphatic carbocycles. The molecule has 1 aromatic rings. The largest absolute Gasteiger partial charge is 0.342 e. The Kier molecular flexibility index (Phi) is 6.08. The molecule has 0 N–H and O–H groups in total. The highest BCUT2D eigenvalue weighted by Gasteiger charge is 2.32. The van der Waals surface area contributed by atoms with E-state index < -0.39 is 0 Å². The lowest BCUT2D eigenvalue weighted by atomic mass is 9.87. The fourth-order valence-electron chi connectivity index (χ4n) is 4.68. The molecule has 7 heteroatoms. The molecule has 150 valence electrons. The predicted octanol–water partition coefficient (Wildman–Crippen LogP) is 2.10. The minimum absolute atomic E-state index is 0.194. The van der Waals surface area contributed by atoms with Crippen LogP contribution in [0.5, 0.6) is 0 Å². The zero-order valence-corrected chi connectivity index (χ0v) is 16.6. The molecular weight excluding hydrogens is 342 g/mol. The van der Waals surface area contributed by atoms with Gasteiger partial charge in [0.15, 0.2) is 5.82 Å². The topological polar surface area (TPSA) is 65.7 Å². The number of amides is 1. The van der Waals surface area contributed by atoms with Gasteiger partial charge in [0.25, 0.3) is 0 Å². The van der Waals surface area contributed by atoms with Gasteiger partial charge in [-0.25, -0.2) is 0 Å². The van der Waals surface area contributed by atoms with Gasteiger partial charge in [-0.15, -0.1) is 0 Å². The van der Waals surface area contributed by atoms with Crippen LogP contribution in [0.4, 0.5) is 0 Å². The average molecular weight is 376 g/mol. The van der Waals surface area contributed by atoms with E-state index in [1.165, 1.54) is 32.1 Å². The van der Waals surface area contributed by atoms with Crippen LogP contribution in [0.2, 0.25) is 0 Å². The first-order valence-corrected chi connectivity index (χ1v) is 10.7. The van der Waals surface area contributed by atoms with E-state index in [2.05, 4.69) is 31.9 Å². The summed E-state index contributed by atoms with van der Waals surface area (Å²) in [5, 5.41) is 4.22. The number of hydrogen-bond acceptors (Lipinski definition) is 6. The average Bonchev–Trinajstić information content (AvgIpc) is 3.15. The molecule has 0 radical (unpaired) electrons. The van der Waals surface area contributed by atoms with Gasteiger partial charge < -0.3 is 14.3 Å². The molecule has 7 nitrogen and oxygen atoms in total. The van der Waals surface area contributed by atoms with Crippen molar-refractivity contribution >= 4 is 5.91 Å². The summed E-state index contributed by atoms with van der Waals surface area (Å²) in [5.41, 5.74) is 0. The summed E-state index contributed by atoms with van der Waals surface area (Å²) in [6.45, 7) is 6.69. The Labute approximate surface area is 162 Å². The number of hydrogen-bond donors (Lipinski definition) is 0.